The lowest BCUT2D eigenvalue weighted by Crippen LogP contribution is -2.25. The van der Waals surface area contributed by atoms with Crippen molar-refractivity contribution in [2.75, 3.05) is 7.11 Å². The number of hydrogen-bond donors (Lipinski definition) is 1. The molecule has 5 rings (SSSR count). The van der Waals surface area contributed by atoms with Crippen LogP contribution in [0.2, 0.25) is 5.02 Å². The van der Waals surface area contributed by atoms with Crippen LogP contribution in [0, 0.1) is 0 Å². The van der Waals surface area contributed by atoms with E-state index in [1.165, 1.54) is 24.3 Å². The van der Waals surface area contributed by atoms with Crippen LogP contribution in [0.3, 0.4) is 0 Å². The van der Waals surface area contributed by atoms with Gasteiger partial charge in [0.15, 0.2) is 11.5 Å². The van der Waals surface area contributed by atoms with E-state index in [4.69, 9.17) is 26.1 Å². The number of benzene rings is 3. The fourth-order valence-corrected chi connectivity index (χ4v) is 5.18. The van der Waals surface area contributed by atoms with E-state index in [1.54, 1.807) is 42.6 Å². The molecule has 0 saturated heterocycles. The number of carboxylic acid groups (broad SMARTS) is 1. The summed E-state index contributed by atoms with van der Waals surface area (Å²) >= 11 is 6.56. The summed E-state index contributed by atoms with van der Waals surface area (Å²) in [6.45, 7) is 0.105. The van der Waals surface area contributed by atoms with Crippen LogP contribution in [0.4, 0.5) is 0 Å². The molecule has 1 N–H and O–H groups in total. The topological polar surface area (TPSA) is 103 Å². The lowest BCUT2D eigenvalue weighted by Gasteiger charge is -2.22. The van der Waals surface area contributed by atoms with Gasteiger partial charge in [-0.2, -0.15) is 9.78 Å². The Morgan fingerprint density at radius 1 is 1.13 bits per heavy atom. The van der Waals surface area contributed by atoms with Gasteiger partial charge in [0.1, 0.15) is 12.4 Å². The predicted octanol–water partition coefficient (Wildman–Crippen LogP) is 6.27. The van der Waals surface area contributed by atoms with E-state index < -0.39 is 5.97 Å². The van der Waals surface area contributed by atoms with Crippen molar-refractivity contribution in [1.82, 2.24) is 9.66 Å². The number of methoxy groups -OCH3 is 1. The Morgan fingerprint density at radius 3 is 2.69 bits per heavy atom. The zero-order valence-electron chi connectivity index (χ0n) is 21.5. The molecule has 1 aliphatic carbocycles. The van der Waals surface area contributed by atoms with Crippen LogP contribution in [0.1, 0.15) is 65.3 Å². The van der Waals surface area contributed by atoms with Crippen molar-refractivity contribution in [3.63, 3.8) is 0 Å². The number of halogens is 1. The second kappa shape index (κ2) is 11.7. The lowest BCUT2D eigenvalue weighted by atomic mass is 9.88. The highest BCUT2D eigenvalue weighted by molar-refractivity contribution is 6.32. The molecule has 4 aromatic rings. The molecule has 1 aliphatic rings. The van der Waals surface area contributed by atoms with Gasteiger partial charge < -0.3 is 14.6 Å². The highest BCUT2D eigenvalue weighted by atomic mass is 35.5. The maximum Gasteiger partial charge on any atom is 0.335 e. The van der Waals surface area contributed by atoms with E-state index in [-0.39, 0.29) is 23.6 Å². The van der Waals surface area contributed by atoms with E-state index in [2.05, 4.69) is 5.10 Å². The summed E-state index contributed by atoms with van der Waals surface area (Å²) in [5.74, 6) is 0.542. The zero-order valence-corrected chi connectivity index (χ0v) is 22.2. The van der Waals surface area contributed by atoms with Gasteiger partial charge in [0.25, 0.3) is 5.56 Å². The molecule has 0 aliphatic heterocycles. The Bertz CT molecular complexity index is 1610. The van der Waals surface area contributed by atoms with Crippen molar-refractivity contribution in [3.05, 3.63) is 98.6 Å². The number of fused-ring (bicyclic) bond motifs is 1. The number of ether oxygens (including phenoxy) is 2. The minimum atomic E-state index is -1.01. The number of carbonyl (C=O) groups is 1. The van der Waals surface area contributed by atoms with Crippen LogP contribution < -0.4 is 15.0 Å². The molecule has 1 fully saturated rings. The fourth-order valence-electron chi connectivity index (χ4n) is 4.91. The average Bonchev–Trinajstić information content (AvgIpc) is 2.96. The van der Waals surface area contributed by atoms with Crippen molar-refractivity contribution in [3.8, 4) is 11.5 Å². The molecular weight excluding hydrogens is 518 g/mol. The first-order valence-electron chi connectivity index (χ1n) is 12.8. The van der Waals surface area contributed by atoms with Gasteiger partial charge in [-0.15, -0.1) is 0 Å². The predicted molar refractivity (Wildman–Crippen MR) is 151 cm³/mol. The van der Waals surface area contributed by atoms with Gasteiger partial charge in [-0.3, -0.25) is 4.79 Å². The molecule has 0 atom stereocenters. The molecule has 1 aromatic heterocycles. The summed E-state index contributed by atoms with van der Waals surface area (Å²) in [5.41, 5.74) is 1.93. The van der Waals surface area contributed by atoms with E-state index in [9.17, 15) is 14.7 Å². The Kier molecular flexibility index (Phi) is 7.93. The molecule has 0 unspecified atom stereocenters. The minimum absolute atomic E-state index is 0.105. The maximum atomic E-state index is 13.4. The molecule has 0 radical (unpaired) electrons. The zero-order chi connectivity index (χ0) is 27.4. The highest BCUT2D eigenvalue weighted by Gasteiger charge is 2.22. The van der Waals surface area contributed by atoms with Crippen LogP contribution in [0.5, 0.6) is 11.5 Å². The van der Waals surface area contributed by atoms with Crippen molar-refractivity contribution in [2.45, 2.75) is 44.6 Å². The molecule has 0 amide bonds. The van der Waals surface area contributed by atoms with E-state index in [0.717, 1.165) is 25.7 Å². The summed E-state index contributed by atoms with van der Waals surface area (Å²) in [7, 11) is 1.50. The van der Waals surface area contributed by atoms with Crippen LogP contribution >= 0.6 is 11.6 Å². The Balaban J connectivity index is 1.46. The van der Waals surface area contributed by atoms with Gasteiger partial charge >= 0.3 is 5.97 Å². The van der Waals surface area contributed by atoms with Gasteiger partial charge in [-0.05, 0) is 60.4 Å². The maximum absolute atomic E-state index is 13.4. The number of aromatic nitrogens is 2. The van der Waals surface area contributed by atoms with E-state index >= 15 is 0 Å². The molecule has 1 heterocycles. The van der Waals surface area contributed by atoms with Crippen LogP contribution in [0.25, 0.3) is 10.9 Å². The standard InChI is InChI=1S/C30H28ClN3O5/c1-38-26-16-20(15-24(31)27(26)39-18-19-8-7-11-22(14-19)30(36)37)17-32-34-28(21-9-3-2-4-10-21)33-25-13-6-5-12-23(25)29(34)35/h5-8,11-17,21H,2-4,9-10,18H2,1H3,(H,36,37). The lowest BCUT2D eigenvalue weighted by molar-refractivity contribution is 0.0696. The van der Waals surface area contributed by atoms with Gasteiger partial charge in [-0.1, -0.05) is 55.1 Å². The number of carboxylic acids is 1. The van der Waals surface area contributed by atoms with Crippen LogP contribution in [-0.2, 0) is 6.61 Å². The molecule has 1 saturated carbocycles. The second-order valence-electron chi connectivity index (χ2n) is 9.51. The van der Waals surface area contributed by atoms with Crippen molar-refractivity contribution < 1.29 is 19.4 Å². The van der Waals surface area contributed by atoms with E-state index in [0.29, 0.717) is 44.4 Å². The van der Waals surface area contributed by atoms with Crippen molar-refractivity contribution in [2.24, 2.45) is 5.10 Å². The number of nitrogens with zero attached hydrogens (tertiary/aromatic N) is 3. The normalized spacial score (nSPS) is 14.1. The first-order valence-corrected chi connectivity index (χ1v) is 13.2. The third-order valence-corrected chi connectivity index (χ3v) is 7.16. The number of hydrogen-bond acceptors (Lipinski definition) is 6. The van der Waals surface area contributed by atoms with E-state index in [1.807, 2.05) is 18.2 Å². The largest absolute Gasteiger partial charge is 0.493 e. The minimum Gasteiger partial charge on any atom is -0.493 e. The first-order chi connectivity index (χ1) is 18.9. The Labute approximate surface area is 230 Å². The third-order valence-electron chi connectivity index (χ3n) is 6.88. The quantitative estimate of drug-likeness (QED) is 0.262. The molecule has 9 heteroatoms. The monoisotopic (exact) mass is 545 g/mol. The second-order valence-corrected chi connectivity index (χ2v) is 9.92. The smallest absolute Gasteiger partial charge is 0.335 e. The SMILES string of the molecule is COc1cc(C=Nn2c(C3CCCCC3)nc3ccccc3c2=O)cc(Cl)c1OCc1cccc(C(=O)O)c1. The summed E-state index contributed by atoms with van der Waals surface area (Å²) in [6, 6.07) is 17.2. The van der Waals surface area contributed by atoms with Gasteiger partial charge in [0, 0.05) is 5.92 Å². The molecule has 39 heavy (non-hydrogen) atoms. The molecule has 8 nitrogen and oxygen atoms in total. The Morgan fingerprint density at radius 2 is 1.92 bits per heavy atom. The fraction of sp³-hybridized carbons (Fsp3) is 0.267. The summed E-state index contributed by atoms with van der Waals surface area (Å²) in [6.07, 6.45) is 6.91. The molecule has 200 valence electrons. The Hall–Kier alpha value is -4.17. The van der Waals surface area contributed by atoms with Gasteiger partial charge in [0.2, 0.25) is 0 Å². The first kappa shape index (κ1) is 26.4. The number of rotatable bonds is 8. The third kappa shape index (κ3) is 5.81. The summed E-state index contributed by atoms with van der Waals surface area (Å²) in [4.78, 5) is 29.6. The van der Waals surface area contributed by atoms with Crippen LogP contribution in [-0.4, -0.2) is 34.1 Å². The van der Waals surface area contributed by atoms with Crippen molar-refractivity contribution in [1.29, 1.82) is 0 Å². The van der Waals surface area contributed by atoms with Crippen molar-refractivity contribution >= 4 is 34.7 Å². The highest BCUT2D eigenvalue weighted by Crippen LogP contribution is 2.37. The van der Waals surface area contributed by atoms with Crippen LogP contribution in [0.15, 0.2) is 70.6 Å². The number of para-hydroxylation sites is 1. The number of aromatic carboxylic acids is 1. The average molecular weight is 546 g/mol. The van der Waals surface area contributed by atoms with Gasteiger partial charge in [0.05, 0.1) is 34.8 Å². The summed E-state index contributed by atoms with van der Waals surface area (Å²) < 4.78 is 12.8. The molecule has 3 aromatic carbocycles. The van der Waals surface area contributed by atoms with Gasteiger partial charge in [-0.25, -0.2) is 9.78 Å². The summed E-state index contributed by atoms with van der Waals surface area (Å²) in [5, 5.41) is 14.6. The molecule has 0 spiro atoms. The molecular formula is C30H28ClN3O5. The molecule has 0 bridgehead atoms.